The summed E-state index contributed by atoms with van der Waals surface area (Å²) in [6.45, 7) is 7.27. The molecule has 1 aliphatic heterocycles. The van der Waals surface area contributed by atoms with Gasteiger partial charge in [0.15, 0.2) is 0 Å². The van der Waals surface area contributed by atoms with E-state index in [4.69, 9.17) is 9.47 Å². The van der Waals surface area contributed by atoms with Crippen molar-refractivity contribution in [1.82, 2.24) is 4.31 Å². The van der Waals surface area contributed by atoms with E-state index in [0.29, 0.717) is 55.5 Å². The highest BCUT2D eigenvalue weighted by molar-refractivity contribution is 7.89. The van der Waals surface area contributed by atoms with Crippen LogP contribution in [0.1, 0.15) is 29.5 Å². The van der Waals surface area contributed by atoms with E-state index in [2.05, 4.69) is 5.32 Å². The van der Waals surface area contributed by atoms with Gasteiger partial charge in [-0.3, -0.25) is 4.79 Å². The van der Waals surface area contributed by atoms with Gasteiger partial charge in [0.1, 0.15) is 12.4 Å². The maximum atomic E-state index is 13.2. The average Bonchev–Trinajstić information content (AvgIpc) is 2.74. The molecule has 7 nitrogen and oxygen atoms in total. The second kappa shape index (κ2) is 10.5. The Kier molecular flexibility index (Phi) is 7.92. The van der Waals surface area contributed by atoms with Gasteiger partial charge in [0.05, 0.1) is 11.5 Å². The Morgan fingerprint density at radius 3 is 2.19 bits per heavy atom. The Labute approximate surface area is 190 Å². The fraction of sp³-hybridized carbons (Fsp3) is 0.458. The Bertz CT molecular complexity index is 1020. The highest BCUT2D eigenvalue weighted by atomic mass is 32.2. The van der Waals surface area contributed by atoms with Gasteiger partial charge in [0.2, 0.25) is 15.9 Å². The summed E-state index contributed by atoms with van der Waals surface area (Å²) in [6.07, 6.45) is 0.987. The first-order chi connectivity index (χ1) is 15.2. The molecule has 0 radical (unpaired) electrons. The smallest absolute Gasteiger partial charge is 0.243 e. The molecule has 174 valence electrons. The molecule has 1 fully saturated rings. The van der Waals surface area contributed by atoms with E-state index in [1.54, 1.807) is 31.4 Å². The van der Waals surface area contributed by atoms with Gasteiger partial charge in [-0.15, -0.1) is 0 Å². The summed E-state index contributed by atoms with van der Waals surface area (Å²) in [4.78, 5) is 13.1. The van der Waals surface area contributed by atoms with E-state index in [1.807, 2.05) is 32.9 Å². The lowest BCUT2D eigenvalue weighted by molar-refractivity contribution is -0.120. The van der Waals surface area contributed by atoms with Crippen molar-refractivity contribution in [3.63, 3.8) is 0 Å². The van der Waals surface area contributed by atoms with Crippen molar-refractivity contribution in [3.8, 4) is 5.75 Å². The van der Waals surface area contributed by atoms with Crippen LogP contribution in [0.4, 0.5) is 5.69 Å². The molecule has 1 heterocycles. The van der Waals surface area contributed by atoms with Gasteiger partial charge in [0.25, 0.3) is 0 Å². The van der Waals surface area contributed by atoms with Gasteiger partial charge in [-0.25, -0.2) is 8.42 Å². The fourth-order valence-corrected chi connectivity index (χ4v) is 6.06. The van der Waals surface area contributed by atoms with Gasteiger partial charge in [-0.05, 0) is 69.0 Å². The summed E-state index contributed by atoms with van der Waals surface area (Å²) < 4.78 is 38.5. The number of hydrogen-bond acceptors (Lipinski definition) is 5. The lowest BCUT2D eigenvalue weighted by Gasteiger charge is -2.31. The zero-order valence-corrected chi connectivity index (χ0v) is 20.0. The molecule has 32 heavy (non-hydrogen) atoms. The van der Waals surface area contributed by atoms with Crippen LogP contribution in [0.15, 0.2) is 41.3 Å². The molecule has 0 aliphatic carbocycles. The second-order valence-corrected chi connectivity index (χ2v) is 10.1. The van der Waals surface area contributed by atoms with Crippen molar-refractivity contribution in [2.45, 2.75) is 38.5 Å². The standard InChI is InChI=1S/C24H32N2O5S/c1-17-15-18(2)23(19(3)16-17)32(28,29)26-11-9-20(10-12-26)24(27)25-21-5-7-22(8-6-21)31-14-13-30-4/h5-8,15-16,20H,9-14H2,1-4H3,(H,25,27). The minimum atomic E-state index is -3.58. The largest absolute Gasteiger partial charge is 0.491 e. The lowest BCUT2D eigenvalue weighted by Crippen LogP contribution is -2.41. The third-order valence-corrected chi connectivity index (χ3v) is 7.91. The van der Waals surface area contributed by atoms with Gasteiger partial charge in [-0.2, -0.15) is 4.31 Å². The SMILES string of the molecule is COCCOc1ccc(NC(=O)C2CCN(S(=O)(=O)c3c(C)cc(C)cc3C)CC2)cc1. The van der Waals surface area contributed by atoms with Crippen molar-refractivity contribution in [2.24, 2.45) is 5.92 Å². The third kappa shape index (κ3) is 5.68. The Morgan fingerprint density at radius 1 is 1.03 bits per heavy atom. The number of carbonyl (C=O) groups excluding carboxylic acids is 1. The van der Waals surface area contributed by atoms with Crippen molar-refractivity contribution < 1.29 is 22.7 Å². The van der Waals surface area contributed by atoms with Crippen molar-refractivity contribution in [3.05, 3.63) is 53.1 Å². The zero-order valence-electron chi connectivity index (χ0n) is 19.2. The highest BCUT2D eigenvalue weighted by Crippen LogP contribution is 2.29. The molecular formula is C24H32N2O5S. The van der Waals surface area contributed by atoms with Crippen LogP contribution >= 0.6 is 0 Å². The van der Waals surface area contributed by atoms with E-state index >= 15 is 0 Å². The quantitative estimate of drug-likeness (QED) is 0.608. The number of aryl methyl sites for hydroxylation is 3. The first-order valence-electron chi connectivity index (χ1n) is 10.8. The lowest BCUT2D eigenvalue weighted by atomic mass is 9.97. The Hall–Kier alpha value is -2.42. The summed E-state index contributed by atoms with van der Waals surface area (Å²) in [5, 5.41) is 2.93. The molecule has 0 spiro atoms. The van der Waals surface area contributed by atoms with Crippen LogP contribution in [0.25, 0.3) is 0 Å². The van der Waals surface area contributed by atoms with Crippen LogP contribution in [0.3, 0.4) is 0 Å². The van der Waals surface area contributed by atoms with Gasteiger partial charge in [0, 0.05) is 31.8 Å². The number of nitrogens with zero attached hydrogens (tertiary/aromatic N) is 1. The van der Waals surface area contributed by atoms with Crippen LogP contribution in [-0.4, -0.2) is 52.0 Å². The number of anilines is 1. The topological polar surface area (TPSA) is 84.9 Å². The van der Waals surface area contributed by atoms with E-state index in [-0.39, 0.29) is 11.8 Å². The van der Waals surface area contributed by atoms with Crippen LogP contribution in [0.2, 0.25) is 0 Å². The number of nitrogens with one attached hydrogen (secondary N) is 1. The van der Waals surface area contributed by atoms with Gasteiger partial charge >= 0.3 is 0 Å². The Balaban J connectivity index is 1.58. The van der Waals surface area contributed by atoms with Crippen molar-refractivity contribution in [2.75, 3.05) is 38.7 Å². The summed E-state index contributed by atoms with van der Waals surface area (Å²) in [5.74, 6) is 0.400. The number of sulfonamides is 1. The molecule has 1 amide bonds. The first kappa shape index (κ1) is 24.2. The predicted octanol–water partition coefficient (Wildman–Crippen LogP) is 3.68. The molecule has 0 saturated carbocycles. The number of hydrogen-bond donors (Lipinski definition) is 1. The van der Waals surface area contributed by atoms with Gasteiger partial charge < -0.3 is 14.8 Å². The molecule has 1 aliphatic rings. The van der Waals surface area contributed by atoms with Gasteiger partial charge in [-0.1, -0.05) is 17.7 Å². The van der Waals surface area contributed by atoms with Crippen LogP contribution in [0.5, 0.6) is 5.75 Å². The normalized spacial score (nSPS) is 15.5. The third-order valence-electron chi connectivity index (χ3n) is 5.71. The molecule has 0 aromatic heterocycles. The molecule has 2 aromatic carbocycles. The monoisotopic (exact) mass is 460 g/mol. The van der Waals surface area contributed by atoms with E-state index in [9.17, 15) is 13.2 Å². The zero-order chi connectivity index (χ0) is 23.3. The molecule has 3 rings (SSSR count). The first-order valence-corrected chi connectivity index (χ1v) is 12.3. The highest BCUT2D eigenvalue weighted by Gasteiger charge is 2.33. The minimum absolute atomic E-state index is 0.0854. The van der Waals surface area contributed by atoms with Crippen molar-refractivity contribution in [1.29, 1.82) is 0 Å². The number of benzene rings is 2. The summed E-state index contributed by atoms with van der Waals surface area (Å²) in [6, 6.07) is 11.0. The predicted molar refractivity (Wildman–Crippen MR) is 125 cm³/mol. The maximum Gasteiger partial charge on any atom is 0.243 e. The second-order valence-electron chi connectivity index (χ2n) is 8.26. The molecule has 0 bridgehead atoms. The van der Waals surface area contributed by atoms with E-state index < -0.39 is 10.0 Å². The fourth-order valence-electron chi connectivity index (χ4n) is 4.18. The number of ether oxygens (including phenoxy) is 2. The number of amides is 1. The summed E-state index contributed by atoms with van der Waals surface area (Å²) >= 11 is 0. The van der Waals surface area contributed by atoms with Crippen LogP contribution in [0, 0.1) is 26.7 Å². The molecular weight excluding hydrogens is 428 g/mol. The average molecular weight is 461 g/mol. The molecule has 1 N–H and O–H groups in total. The van der Waals surface area contributed by atoms with Crippen molar-refractivity contribution >= 4 is 21.6 Å². The number of piperidine rings is 1. The maximum absolute atomic E-state index is 13.2. The van der Waals surface area contributed by atoms with E-state index in [0.717, 1.165) is 16.7 Å². The number of carbonyl (C=O) groups is 1. The molecule has 8 heteroatoms. The summed E-state index contributed by atoms with van der Waals surface area (Å²) in [7, 11) is -1.97. The molecule has 1 saturated heterocycles. The van der Waals surface area contributed by atoms with Crippen LogP contribution < -0.4 is 10.1 Å². The minimum Gasteiger partial charge on any atom is -0.491 e. The van der Waals surface area contributed by atoms with Crippen LogP contribution in [-0.2, 0) is 19.6 Å². The number of methoxy groups -OCH3 is 1. The molecule has 2 aromatic rings. The summed E-state index contributed by atoms with van der Waals surface area (Å²) in [5.41, 5.74) is 3.26. The van der Waals surface area contributed by atoms with E-state index in [1.165, 1.54) is 4.31 Å². The number of rotatable bonds is 8. The Morgan fingerprint density at radius 2 is 1.62 bits per heavy atom. The molecule has 0 atom stereocenters. The molecule has 0 unspecified atom stereocenters.